The van der Waals surface area contributed by atoms with Crippen LogP contribution < -0.4 is 0 Å². The zero-order valence-electron chi connectivity index (χ0n) is 11.0. The molecule has 0 saturated carbocycles. The summed E-state index contributed by atoms with van der Waals surface area (Å²) in [5, 5.41) is 0. The monoisotopic (exact) mass is 250 g/mol. The molecule has 1 unspecified atom stereocenters. The van der Waals surface area contributed by atoms with E-state index in [0.29, 0.717) is 0 Å². The number of hydrogen-bond acceptors (Lipinski definition) is 1. The van der Waals surface area contributed by atoms with Gasteiger partial charge in [0.1, 0.15) is 5.60 Å². The third-order valence-corrected chi connectivity index (χ3v) is 3.83. The minimum Gasteiger partial charge on any atom is -0.364 e. The second-order valence-electron chi connectivity index (χ2n) is 5.09. The van der Waals surface area contributed by atoms with Gasteiger partial charge in [-0.25, -0.2) is 0 Å². The van der Waals surface area contributed by atoms with Gasteiger partial charge < -0.3 is 4.74 Å². The predicted molar refractivity (Wildman–Crippen MR) is 78.9 cm³/mol. The average molecular weight is 250 g/mol. The maximum Gasteiger partial charge on any atom is 0.117 e. The molecule has 1 aliphatic heterocycles. The van der Waals surface area contributed by atoms with E-state index >= 15 is 0 Å². The Morgan fingerprint density at radius 2 is 1.74 bits per heavy atom. The zero-order chi connectivity index (χ0) is 13.1. The summed E-state index contributed by atoms with van der Waals surface area (Å²) in [7, 11) is 0. The van der Waals surface area contributed by atoms with Crippen LogP contribution in [0.3, 0.4) is 0 Å². The van der Waals surface area contributed by atoms with Crippen molar-refractivity contribution in [2.75, 3.05) is 6.61 Å². The molecule has 1 aliphatic rings. The second kappa shape index (κ2) is 5.02. The molecule has 0 aliphatic carbocycles. The molecule has 3 rings (SSSR count). The third-order valence-electron chi connectivity index (χ3n) is 3.83. The predicted octanol–water partition coefficient (Wildman–Crippen LogP) is 4.19. The Balaban J connectivity index is 1.67. The molecule has 1 saturated heterocycles. The van der Waals surface area contributed by atoms with E-state index in [1.807, 2.05) is 12.1 Å². The maximum atomic E-state index is 5.73. The molecule has 0 radical (unpaired) electrons. The van der Waals surface area contributed by atoms with Gasteiger partial charge in [-0.2, -0.15) is 0 Å². The highest BCUT2D eigenvalue weighted by Gasteiger charge is 2.45. The minimum absolute atomic E-state index is 0.0294. The van der Waals surface area contributed by atoms with Crippen molar-refractivity contribution in [1.82, 2.24) is 0 Å². The van der Waals surface area contributed by atoms with Gasteiger partial charge in [-0.3, -0.25) is 0 Å². The molecule has 1 heterocycles. The number of hydrogen-bond donors (Lipinski definition) is 0. The Hall–Kier alpha value is -1.86. The van der Waals surface area contributed by atoms with E-state index in [4.69, 9.17) is 4.74 Å². The van der Waals surface area contributed by atoms with Crippen molar-refractivity contribution in [1.29, 1.82) is 0 Å². The summed E-state index contributed by atoms with van der Waals surface area (Å²) < 4.78 is 5.73. The molecule has 96 valence electrons. The van der Waals surface area contributed by atoms with Crippen LogP contribution in [0.1, 0.15) is 23.1 Å². The summed E-state index contributed by atoms with van der Waals surface area (Å²) in [5.41, 5.74) is 3.80. The second-order valence-corrected chi connectivity index (χ2v) is 5.09. The van der Waals surface area contributed by atoms with Crippen molar-refractivity contribution < 1.29 is 4.74 Å². The lowest BCUT2D eigenvalue weighted by Gasteiger charge is -2.12. The molecule has 1 fully saturated rings. The zero-order valence-corrected chi connectivity index (χ0v) is 11.0. The largest absolute Gasteiger partial charge is 0.364 e. The van der Waals surface area contributed by atoms with Crippen molar-refractivity contribution in [2.45, 2.75) is 18.4 Å². The first-order valence-corrected chi connectivity index (χ1v) is 6.73. The maximum absolute atomic E-state index is 5.73. The Morgan fingerprint density at radius 3 is 2.32 bits per heavy atom. The van der Waals surface area contributed by atoms with Crippen LogP contribution in [0.5, 0.6) is 0 Å². The smallest absolute Gasteiger partial charge is 0.117 e. The summed E-state index contributed by atoms with van der Waals surface area (Å²) in [6, 6.07) is 19.1. The van der Waals surface area contributed by atoms with E-state index in [9.17, 15) is 0 Å². The van der Waals surface area contributed by atoms with Crippen molar-refractivity contribution in [2.24, 2.45) is 0 Å². The van der Waals surface area contributed by atoms with Gasteiger partial charge in [0.2, 0.25) is 0 Å². The molecule has 0 amide bonds. The fraction of sp³-hybridized carbons (Fsp3) is 0.222. The van der Waals surface area contributed by atoms with Crippen LogP contribution in [0, 0.1) is 0 Å². The van der Waals surface area contributed by atoms with Crippen molar-refractivity contribution in [3.8, 4) is 0 Å². The Kier molecular flexibility index (Phi) is 3.22. The van der Waals surface area contributed by atoms with Crippen LogP contribution in [0.15, 0.2) is 61.2 Å². The molecule has 1 atom stereocenters. The third kappa shape index (κ3) is 2.61. The summed E-state index contributed by atoms with van der Waals surface area (Å²) in [6.45, 7) is 4.62. The van der Waals surface area contributed by atoms with Crippen molar-refractivity contribution in [3.63, 3.8) is 0 Å². The van der Waals surface area contributed by atoms with E-state index < -0.39 is 0 Å². The number of aryl methyl sites for hydroxylation is 1. The highest BCUT2D eigenvalue weighted by atomic mass is 16.6. The first kappa shape index (κ1) is 12.2. The van der Waals surface area contributed by atoms with Gasteiger partial charge in [0, 0.05) is 0 Å². The number of rotatable bonds is 5. The topological polar surface area (TPSA) is 12.5 Å². The molecular weight excluding hydrogens is 232 g/mol. The SMILES string of the molecule is C=Cc1ccc(CCC2(c3ccccc3)CO2)cc1. The highest BCUT2D eigenvalue weighted by molar-refractivity contribution is 5.47. The van der Waals surface area contributed by atoms with Crippen LogP contribution in [0.2, 0.25) is 0 Å². The van der Waals surface area contributed by atoms with Gasteiger partial charge >= 0.3 is 0 Å². The lowest BCUT2D eigenvalue weighted by molar-refractivity contribution is 0.293. The quantitative estimate of drug-likeness (QED) is 0.725. The number of ether oxygens (including phenoxy) is 1. The Morgan fingerprint density at radius 1 is 1.05 bits per heavy atom. The molecule has 2 aromatic rings. The van der Waals surface area contributed by atoms with Gasteiger partial charge in [-0.05, 0) is 29.5 Å². The average Bonchev–Trinajstić information content (AvgIpc) is 3.28. The lowest BCUT2D eigenvalue weighted by Crippen LogP contribution is -2.09. The highest BCUT2D eigenvalue weighted by Crippen LogP contribution is 2.42. The normalized spacial score (nSPS) is 21.1. The summed E-state index contributed by atoms with van der Waals surface area (Å²) >= 11 is 0. The minimum atomic E-state index is -0.0294. The molecule has 2 aromatic carbocycles. The molecule has 0 aromatic heterocycles. The molecule has 0 N–H and O–H groups in total. The van der Waals surface area contributed by atoms with Gasteiger partial charge in [-0.1, -0.05) is 67.3 Å². The molecule has 0 spiro atoms. The van der Waals surface area contributed by atoms with Crippen LogP contribution in [-0.4, -0.2) is 6.61 Å². The summed E-state index contributed by atoms with van der Waals surface area (Å²) in [6.07, 6.45) is 3.97. The lowest BCUT2D eigenvalue weighted by atomic mass is 9.93. The van der Waals surface area contributed by atoms with Crippen molar-refractivity contribution in [3.05, 3.63) is 77.9 Å². The van der Waals surface area contributed by atoms with E-state index in [0.717, 1.165) is 19.4 Å². The fourth-order valence-corrected chi connectivity index (χ4v) is 2.45. The van der Waals surface area contributed by atoms with Gasteiger partial charge in [0.25, 0.3) is 0 Å². The molecule has 1 nitrogen and oxygen atoms in total. The Labute approximate surface area is 114 Å². The molecule has 0 bridgehead atoms. The van der Waals surface area contributed by atoms with E-state index in [-0.39, 0.29) is 5.60 Å². The van der Waals surface area contributed by atoms with Crippen LogP contribution >= 0.6 is 0 Å². The van der Waals surface area contributed by atoms with Gasteiger partial charge in [0.15, 0.2) is 0 Å². The molecule has 1 heteroatoms. The summed E-state index contributed by atoms with van der Waals surface area (Å²) in [5.74, 6) is 0. The van der Waals surface area contributed by atoms with Crippen molar-refractivity contribution >= 4 is 6.08 Å². The van der Waals surface area contributed by atoms with Gasteiger partial charge in [-0.15, -0.1) is 0 Å². The standard InChI is InChI=1S/C18H18O/c1-2-15-8-10-16(11-9-15)12-13-18(14-19-18)17-6-4-3-5-7-17/h2-11H,1,12-14H2. The Bertz CT molecular complexity index is 550. The molecule has 19 heavy (non-hydrogen) atoms. The molecular formula is C18H18O. The van der Waals surface area contributed by atoms with Crippen LogP contribution in [-0.2, 0) is 16.8 Å². The number of benzene rings is 2. The number of epoxide rings is 1. The fourth-order valence-electron chi connectivity index (χ4n) is 2.45. The first-order valence-electron chi connectivity index (χ1n) is 6.73. The van der Waals surface area contributed by atoms with E-state index in [1.54, 1.807) is 0 Å². The summed E-state index contributed by atoms with van der Waals surface area (Å²) in [4.78, 5) is 0. The van der Waals surface area contributed by atoms with Gasteiger partial charge in [0.05, 0.1) is 6.61 Å². The van der Waals surface area contributed by atoms with Crippen LogP contribution in [0.25, 0.3) is 6.08 Å². The van der Waals surface area contributed by atoms with E-state index in [1.165, 1.54) is 16.7 Å². The first-order chi connectivity index (χ1) is 9.32. The van der Waals surface area contributed by atoms with Crippen LogP contribution in [0.4, 0.5) is 0 Å². The van der Waals surface area contributed by atoms with E-state index in [2.05, 4.69) is 55.1 Å².